The Kier molecular flexibility index (Phi) is 4.25. The molecule has 1 aromatic heterocycles. The zero-order valence-electron chi connectivity index (χ0n) is 11.8. The largest absolute Gasteiger partial charge is 0.271 e. The first-order chi connectivity index (χ1) is 9.58. The van der Waals surface area contributed by atoms with Gasteiger partial charge in [-0.1, -0.05) is 12.1 Å². The van der Waals surface area contributed by atoms with Crippen LogP contribution in [-0.4, -0.2) is 16.6 Å². The van der Waals surface area contributed by atoms with Crippen LogP contribution >= 0.6 is 0 Å². The highest BCUT2D eigenvalue weighted by Gasteiger charge is 2.06. The van der Waals surface area contributed by atoms with Crippen LogP contribution in [0, 0.1) is 13.8 Å². The number of aryl methyl sites for hydroxylation is 2. The Morgan fingerprint density at radius 1 is 1.15 bits per heavy atom. The van der Waals surface area contributed by atoms with Crippen LogP contribution in [-0.2, 0) is 0 Å². The summed E-state index contributed by atoms with van der Waals surface area (Å²) in [5.74, 6) is -0.219. The number of rotatable bonds is 3. The topological polar surface area (TPSA) is 54.4 Å². The van der Waals surface area contributed by atoms with Gasteiger partial charge in [0.1, 0.15) is 0 Å². The van der Waals surface area contributed by atoms with Crippen molar-refractivity contribution >= 4 is 11.6 Å². The predicted molar refractivity (Wildman–Crippen MR) is 79.8 cm³/mol. The van der Waals surface area contributed by atoms with Gasteiger partial charge in [0.25, 0.3) is 5.91 Å². The molecule has 1 heterocycles. The van der Waals surface area contributed by atoms with Crippen molar-refractivity contribution in [3.05, 3.63) is 65.0 Å². The molecule has 0 radical (unpaired) electrons. The third-order valence-electron chi connectivity index (χ3n) is 3.13. The zero-order valence-corrected chi connectivity index (χ0v) is 11.8. The fraction of sp³-hybridized carbons (Fsp3) is 0.188. The lowest BCUT2D eigenvalue weighted by Crippen LogP contribution is -2.19. The Morgan fingerprint density at radius 3 is 2.60 bits per heavy atom. The molecule has 0 saturated carbocycles. The molecule has 0 fully saturated rings. The van der Waals surface area contributed by atoms with Crippen LogP contribution in [0.15, 0.2) is 47.7 Å². The smallest absolute Gasteiger partial charge is 0.267 e. The van der Waals surface area contributed by atoms with Gasteiger partial charge in [0, 0.05) is 11.8 Å². The minimum Gasteiger partial charge on any atom is -0.267 e. The van der Waals surface area contributed by atoms with Crippen molar-refractivity contribution in [3.8, 4) is 0 Å². The highest BCUT2D eigenvalue weighted by molar-refractivity contribution is 5.99. The summed E-state index contributed by atoms with van der Waals surface area (Å²) in [6, 6.07) is 11.1. The van der Waals surface area contributed by atoms with Crippen LogP contribution in [0.1, 0.15) is 34.1 Å². The number of amides is 1. The van der Waals surface area contributed by atoms with Gasteiger partial charge >= 0.3 is 0 Å². The summed E-state index contributed by atoms with van der Waals surface area (Å²) in [4.78, 5) is 16.2. The number of nitrogens with one attached hydrogen (secondary N) is 1. The molecule has 4 heteroatoms. The number of hydrogen-bond donors (Lipinski definition) is 1. The maximum Gasteiger partial charge on any atom is 0.271 e. The van der Waals surface area contributed by atoms with Crippen molar-refractivity contribution in [2.45, 2.75) is 20.8 Å². The SMILES string of the molecule is C/C(=N\NC(=O)c1ccc(C)c(C)c1)c1ccccn1. The summed E-state index contributed by atoms with van der Waals surface area (Å²) in [5, 5.41) is 4.08. The van der Waals surface area contributed by atoms with Gasteiger partial charge in [0.2, 0.25) is 0 Å². The molecular weight excluding hydrogens is 250 g/mol. The highest BCUT2D eigenvalue weighted by atomic mass is 16.2. The monoisotopic (exact) mass is 267 g/mol. The van der Waals surface area contributed by atoms with E-state index in [1.165, 1.54) is 0 Å². The molecule has 0 aliphatic carbocycles. The van der Waals surface area contributed by atoms with Gasteiger partial charge in [0.05, 0.1) is 11.4 Å². The number of aromatic nitrogens is 1. The van der Waals surface area contributed by atoms with E-state index in [0.717, 1.165) is 16.8 Å². The molecule has 4 nitrogen and oxygen atoms in total. The van der Waals surface area contributed by atoms with Crippen molar-refractivity contribution in [2.75, 3.05) is 0 Å². The third-order valence-corrected chi connectivity index (χ3v) is 3.13. The molecule has 0 unspecified atom stereocenters. The van der Waals surface area contributed by atoms with Gasteiger partial charge in [-0.3, -0.25) is 9.78 Å². The summed E-state index contributed by atoms with van der Waals surface area (Å²) >= 11 is 0. The standard InChI is InChI=1S/C16H17N3O/c1-11-7-8-14(10-12(11)2)16(20)19-18-13(3)15-6-4-5-9-17-15/h4-10H,1-3H3,(H,19,20)/b18-13+. The lowest BCUT2D eigenvalue weighted by atomic mass is 10.1. The van der Waals surface area contributed by atoms with Crippen molar-refractivity contribution in [2.24, 2.45) is 5.10 Å². The molecule has 0 bridgehead atoms. The van der Waals surface area contributed by atoms with E-state index in [2.05, 4.69) is 15.5 Å². The van der Waals surface area contributed by atoms with E-state index in [0.29, 0.717) is 11.3 Å². The fourth-order valence-corrected chi connectivity index (χ4v) is 1.72. The molecule has 0 saturated heterocycles. The van der Waals surface area contributed by atoms with E-state index in [4.69, 9.17) is 0 Å². The van der Waals surface area contributed by atoms with E-state index >= 15 is 0 Å². The average Bonchev–Trinajstić information content (AvgIpc) is 2.48. The first-order valence-corrected chi connectivity index (χ1v) is 6.41. The van der Waals surface area contributed by atoms with Crippen LogP contribution in [0.3, 0.4) is 0 Å². The first-order valence-electron chi connectivity index (χ1n) is 6.41. The summed E-state index contributed by atoms with van der Waals surface area (Å²) in [5.41, 5.74) is 6.82. The zero-order chi connectivity index (χ0) is 14.5. The molecule has 0 aliphatic rings. The van der Waals surface area contributed by atoms with Crippen LogP contribution < -0.4 is 5.43 Å². The molecule has 0 aliphatic heterocycles. The van der Waals surface area contributed by atoms with Crippen molar-refractivity contribution < 1.29 is 4.79 Å². The van der Waals surface area contributed by atoms with Crippen LogP contribution in [0.4, 0.5) is 0 Å². The summed E-state index contributed by atoms with van der Waals surface area (Å²) in [6.07, 6.45) is 1.69. The summed E-state index contributed by atoms with van der Waals surface area (Å²) in [6.45, 7) is 5.80. The molecular formula is C16H17N3O. The molecule has 1 aromatic carbocycles. The number of nitrogens with zero attached hydrogens (tertiary/aromatic N) is 2. The van der Waals surface area contributed by atoms with E-state index in [9.17, 15) is 4.79 Å². The number of hydrazone groups is 1. The lowest BCUT2D eigenvalue weighted by Gasteiger charge is -2.05. The molecule has 2 rings (SSSR count). The van der Waals surface area contributed by atoms with Gasteiger partial charge in [-0.05, 0) is 56.2 Å². The quantitative estimate of drug-likeness (QED) is 0.686. The minimum absolute atomic E-state index is 0.219. The molecule has 102 valence electrons. The lowest BCUT2D eigenvalue weighted by molar-refractivity contribution is 0.0954. The molecule has 1 N–H and O–H groups in total. The van der Waals surface area contributed by atoms with E-state index in [-0.39, 0.29) is 5.91 Å². The second-order valence-electron chi connectivity index (χ2n) is 4.65. The van der Waals surface area contributed by atoms with Crippen LogP contribution in [0.25, 0.3) is 0 Å². The number of carbonyl (C=O) groups excluding carboxylic acids is 1. The van der Waals surface area contributed by atoms with Crippen molar-refractivity contribution in [1.82, 2.24) is 10.4 Å². The maximum absolute atomic E-state index is 12.0. The molecule has 20 heavy (non-hydrogen) atoms. The fourth-order valence-electron chi connectivity index (χ4n) is 1.72. The molecule has 0 spiro atoms. The maximum atomic E-state index is 12.0. The Hall–Kier alpha value is -2.49. The second-order valence-corrected chi connectivity index (χ2v) is 4.65. The van der Waals surface area contributed by atoms with Crippen molar-refractivity contribution in [1.29, 1.82) is 0 Å². The van der Waals surface area contributed by atoms with Gasteiger partial charge in [0.15, 0.2) is 0 Å². The third kappa shape index (κ3) is 3.29. The molecule has 1 amide bonds. The Morgan fingerprint density at radius 2 is 1.95 bits per heavy atom. The minimum atomic E-state index is -0.219. The average molecular weight is 267 g/mol. The highest BCUT2D eigenvalue weighted by Crippen LogP contribution is 2.09. The van der Waals surface area contributed by atoms with Crippen LogP contribution in [0.2, 0.25) is 0 Å². The van der Waals surface area contributed by atoms with Gasteiger partial charge in [-0.15, -0.1) is 0 Å². The Balaban J connectivity index is 2.10. The number of hydrogen-bond acceptors (Lipinski definition) is 3. The number of carbonyl (C=O) groups is 1. The number of pyridine rings is 1. The van der Waals surface area contributed by atoms with Gasteiger partial charge in [-0.25, -0.2) is 5.43 Å². The van der Waals surface area contributed by atoms with Gasteiger partial charge in [-0.2, -0.15) is 5.10 Å². The van der Waals surface area contributed by atoms with Gasteiger partial charge < -0.3 is 0 Å². The normalized spacial score (nSPS) is 11.2. The van der Waals surface area contributed by atoms with E-state index in [1.807, 2.05) is 51.1 Å². The first kappa shape index (κ1) is 13.9. The summed E-state index contributed by atoms with van der Waals surface area (Å²) < 4.78 is 0. The molecule has 2 aromatic rings. The Bertz CT molecular complexity index is 648. The second kappa shape index (κ2) is 6.10. The molecule has 0 atom stereocenters. The Labute approximate surface area is 118 Å². The van der Waals surface area contributed by atoms with Crippen LogP contribution in [0.5, 0.6) is 0 Å². The van der Waals surface area contributed by atoms with E-state index < -0.39 is 0 Å². The summed E-state index contributed by atoms with van der Waals surface area (Å²) in [7, 11) is 0. The van der Waals surface area contributed by atoms with E-state index in [1.54, 1.807) is 12.3 Å². The number of benzene rings is 1. The van der Waals surface area contributed by atoms with Crippen molar-refractivity contribution in [3.63, 3.8) is 0 Å². The predicted octanol–water partition coefficient (Wildman–Crippen LogP) is 2.85.